The van der Waals surface area contributed by atoms with E-state index in [1.807, 2.05) is 26.1 Å². The zero-order chi connectivity index (χ0) is 17.4. The van der Waals surface area contributed by atoms with Crippen LogP contribution in [0.4, 0.5) is 4.39 Å². The number of rotatable bonds is 6. The largest absolute Gasteiger partial charge is 0.357 e. The van der Waals surface area contributed by atoms with E-state index in [0.717, 1.165) is 18.0 Å². The van der Waals surface area contributed by atoms with E-state index in [-0.39, 0.29) is 30.5 Å². The summed E-state index contributed by atoms with van der Waals surface area (Å²) in [6.45, 7) is 5.64. The molecular formula is C17H21FIN5S. The predicted molar refractivity (Wildman–Crippen MR) is 110 cm³/mol. The van der Waals surface area contributed by atoms with Gasteiger partial charge in [-0.3, -0.25) is 0 Å². The van der Waals surface area contributed by atoms with Crippen molar-refractivity contribution in [2.24, 2.45) is 4.99 Å². The Kier molecular flexibility index (Phi) is 9.37. The number of nitrogens with zero attached hydrogens (tertiary/aromatic N) is 3. The van der Waals surface area contributed by atoms with Crippen molar-refractivity contribution in [3.63, 3.8) is 0 Å². The van der Waals surface area contributed by atoms with E-state index >= 15 is 0 Å². The monoisotopic (exact) mass is 473 g/mol. The standard InChI is InChI=1S/C17H20FN5S.HI/c1-3-20-17(21-7-6-16-22-10-12(2)24-16)23-11-14-5-4-13(9-19)8-15(14)18;/h4-5,8,10H,3,6-7,11H2,1-2H3,(H2,20,21,23);1H. The molecule has 2 N–H and O–H groups in total. The molecule has 8 heteroatoms. The van der Waals surface area contributed by atoms with Gasteiger partial charge in [0.1, 0.15) is 5.82 Å². The van der Waals surface area contributed by atoms with Crippen molar-refractivity contribution < 1.29 is 4.39 Å². The molecule has 0 saturated heterocycles. The van der Waals surface area contributed by atoms with Crippen LogP contribution in [0.3, 0.4) is 0 Å². The minimum atomic E-state index is -0.410. The lowest BCUT2D eigenvalue weighted by Crippen LogP contribution is -2.38. The summed E-state index contributed by atoms with van der Waals surface area (Å²) in [4.78, 5) is 9.91. The number of aliphatic imine (C=N–C) groups is 1. The first-order valence-corrected chi connectivity index (χ1v) is 8.56. The van der Waals surface area contributed by atoms with Crippen LogP contribution in [0.25, 0.3) is 0 Å². The maximum Gasteiger partial charge on any atom is 0.191 e. The molecule has 5 nitrogen and oxygen atoms in total. The summed E-state index contributed by atoms with van der Waals surface area (Å²) in [5.74, 6) is 0.224. The number of aromatic nitrogens is 1. The van der Waals surface area contributed by atoms with Gasteiger partial charge >= 0.3 is 0 Å². The summed E-state index contributed by atoms with van der Waals surface area (Å²) < 4.78 is 13.9. The number of aryl methyl sites for hydroxylation is 1. The number of nitrogens with one attached hydrogen (secondary N) is 2. The Bertz CT molecular complexity index is 754. The van der Waals surface area contributed by atoms with E-state index in [1.165, 1.54) is 10.9 Å². The zero-order valence-electron chi connectivity index (χ0n) is 14.2. The van der Waals surface area contributed by atoms with E-state index in [0.29, 0.717) is 23.6 Å². The van der Waals surface area contributed by atoms with Crippen LogP contribution in [0.1, 0.15) is 27.9 Å². The summed E-state index contributed by atoms with van der Waals surface area (Å²) in [6.07, 6.45) is 2.68. The number of hydrogen-bond acceptors (Lipinski definition) is 4. The molecule has 2 rings (SSSR count). The van der Waals surface area contributed by atoms with Crippen molar-refractivity contribution in [2.45, 2.75) is 26.8 Å². The Hall–Kier alpha value is -1.73. The molecule has 0 fully saturated rings. The van der Waals surface area contributed by atoms with Crippen LogP contribution in [-0.2, 0) is 13.0 Å². The first-order valence-electron chi connectivity index (χ1n) is 7.74. The van der Waals surface area contributed by atoms with Crippen molar-refractivity contribution in [3.05, 3.63) is 51.2 Å². The molecule has 0 unspecified atom stereocenters. The third kappa shape index (κ3) is 6.96. The molecule has 25 heavy (non-hydrogen) atoms. The number of halogens is 2. The third-order valence-electron chi connectivity index (χ3n) is 3.23. The smallest absolute Gasteiger partial charge is 0.191 e. The van der Waals surface area contributed by atoms with E-state index in [2.05, 4.69) is 20.6 Å². The number of guanidine groups is 1. The third-order valence-corrected chi connectivity index (χ3v) is 4.21. The number of hydrogen-bond donors (Lipinski definition) is 2. The molecule has 0 atom stereocenters. The Morgan fingerprint density at radius 2 is 2.20 bits per heavy atom. The number of nitriles is 1. The first kappa shape index (κ1) is 21.3. The topological polar surface area (TPSA) is 73.1 Å². The highest BCUT2D eigenvalue weighted by Crippen LogP contribution is 2.12. The van der Waals surface area contributed by atoms with Crippen LogP contribution in [0, 0.1) is 24.1 Å². The van der Waals surface area contributed by atoms with E-state index in [4.69, 9.17) is 5.26 Å². The van der Waals surface area contributed by atoms with Gasteiger partial charge in [0.05, 0.1) is 23.2 Å². The molecule has 0 radical (unpaired) electrons. The van der Waals surface area contributed by atoms with Gasteiger partial charge in [0.2, 0.25) is 0 Å². The maximum absolute atomic E-state index is 13.9. The Morgan fingerprint density at radius 3 is 2.80 bits per heavy atom. The molecule has 0 amide bonds. The number of thiazole rings is 1. The lowest BCUT2D eigenvalue weighted by Gasteiger charge is -2.10. The summed E-state index contributed by atoms with van der Waals surface area (Å²) in [6, 6.07) is 6.34. The van der Waals surface area contributed by atoms with Crippen LogP contribution in [0.5, 0.6) is 0 Å². The van der Waals surface area contributed by atoms with Crippen molar-refractivity contribution in [1.82, 2.24) is 15.6 Å². The minimum absolute atomic E-state index is 0. The van der Waals surface area contributed by atoms with Crippen molar-refractivity contribution in [2.75, 3.05) is 13.1 Å². The van der Waals surface area contributed by atoms with Gasteiger partial charge in [-0.2, -0.15) is 5.26 Å². The SMILES string of the molecule is CCNC(=NCc1ccc(C#N)cc1F)NCCc1ncc(C)s1.I. The van der Waals surface area contributed by atoms with Gasteiger partial charge in [0.25, 0.3) is 0 Å². The van der Waals surface area contributed by atoms with Gasteiger partial charge in [-0.05, 0) is 26.0 Å². The molecule has 0 bridgehead atoms. The molecule has 1 heterocycles. The summed E-state index contributed by atoms with van der Waals surface area (Å²) in [5.41, 5.74) is 0.769. The van der Waals surface area contributed by atoms with Gasteiger partial charge in [-0.25, -0.2) is 14.4 Å². The quantitative estimate of drug-likeness (QED) is 0.384. The zero-order valence-corrected chi connectivity index (χ0v) is 17.3. The maximum atomic E-state index is 13.9. The van der Waals surface area contributed by atoms with E-state index < -0.39 is 5.82 Å². The second-order valence-electron chi connectivity index (χ2n) is 5.15. The molecule has 0 saturated carbocycles. The highest BCUT2D eigenvalue weighted by atomic mass is 127. The molecule has 0 aliphatic carbocycles. The highest BCUT2D eigenvalue weighted by Gasteiger charge is 2.05. The average molecular weight is 473 g/mol. The van der Waals surface area contributed by atoms with Gasteiger partial charge in [-0.1, -0.05) is 6.07 Å². The second-order valence-corrected chi connectivity index (χ2v) is 6.47. The molecule has 2 aromatic rings. The molecule has 0 aliphatic rings. The lowest BCUT2D eigenvalue weighted by atomic mass is 10.1. The van der Waals surface area contributed by atoms with Crippen LogP contribution in [0.2, 0.25) is 0 Å². The number of benzene rings is 1. The highest BCUT2D eigenvalue weighted by molar-refractivity contribution is 14.0. The summed E-state index contributed by atoms with van der Waals surface area (Å²) >= 11 is 1.68. The fourth-order valence-corrected chi connectivity index (χ4v) is 2.84. The van der Waals surface area contributed by atoms with Crippen molar-refractivity contribution in [1.29, 1.82) is 5.26 Å². The van der Waals surface area contributed by atoms with E-state index in [9.17, 15) is 4.39 Å². The van der Waals surface area contributed by atoms with E-state index in [1.54, 1.807) is 23.5 Å². The molecule has 1 aromatic carbocycles. The predicted octanol–water partition coefficient (Wildman–Crippen LogP) is 3.38. The first-order chi connectivity index (χ1) is 11.6. The fourth-order valence-electron chi connectivity index (χ4n) is 2.06. The Morgan fingerprint density at radius 1 is 1.40 bits per heavy atom. The molecule has 0 spiro atoms. The Labute approximate surface area is 168 Å². The molecule has 1 aromatic heterocycles. The van der Waals surface area contributed by atoms with Crippen molar-refractivity contribution in [3.8, 4) is 6.07 Å². The lowest BCUT2D eigenvalue weighted by molar-refractivity contribution is 0.609. The molecular weight excluding hydrogens is 452 g/mol. The molecule has 134 valence electrons. The average Bonchev–Trinajstić information content (AvgIpc) is 2.98. The minimum Gasteiger partial charge on any atom is -0.357 e. The van der Waals surface area contributed by atoms with Crippen LogP contribution in [0.15, 0.2) is 29.4 Å². The van der Waals surface area contributed by atoms with Gasteiger partial charge in [0, 0.05) is 36.1 Å². The van der Waals surface area contributed by atoms with Crippen LogP contribution >= 0.6 is 35.3 Å². The normalized spacial score (nSPS) is 10.7. The molecule has 0 aliphatic heterocycles. The summed E-state index contributed by atoms with van der Waals surface area (Å²) in [7, 11) is 0. The van der Waals surface area contributed by atoms with Gasteiger partial charge in [0.15, 0.2) is 5.96 Å². The fraction of sp³-hybridized carbons (Fsp3) is 0.353. The van der Waals surface area contributed by atoms with Crippen LogP contribution in [-0.4, -0.2) is 24.0 Å². The van der Waals surface area contributed by atoms with Gasteiger partial charge < -0.3 is 10.6 Å². The van der Waals surface area contributed by atoms with Crippen molar-refractivity contribution >= 4 is 41.3 Å². The van der Waals surface area contributed by atoms with Gasteiger partial charge in [-0.15, -0.1) is 35.3 Å². The van der Waals surface area contributed by atoms with Crippen LogP contribution < -0.4 is 10.6 Å². The summed E-state index contributed by atoms with van der Waals surface area (Å²) in [5, 5.41) is 16.2. The second kappa shape index (κ2) is 11.0. The Balaban J connectivity index is 0.00000312.